The summed E-state index contributed by atoms with van der Waals surface area (Å²) in [4.78, 5) is 26.9. The monoisotopic (exact) mass is 349 g/mol. The Morgan fingerprint density at radius 2 is 2.08 bits per heavy atom. The number of para-hydroxylation sites is 2. The van der Waals surface area contributed by atoms with Crippen LogP contribution in [0.3, 0.4) is 0 Å². The van der Waals surface area contributed by atoms with E-state index < -0.39 is 6.10 Å². The van der Waals surface area contributed by atoms with Crippen LogP contribution in [0.2, 0.25) is 0 Å². The molecular weight excluding hydrogens is 330 g/mol. The molecule has 2 aromatic rings. The van der Waals surface area contributed by atoms with Gasteiger partial charge in [0.2, 0.25) is 0 Å². The SMILES string of the molecule is CCCNC(=O)[C@H]1CN(C(=O)c2cccc(C#N)c2)c2ccccc2O1. The van der Waals surface area contributed by atoms with Crippen molar-refractivity contribution in [2.24, 2.45) is 0 Å². The molecule has 132 valence electrons. The van der Waals surface area contributed by atoms with Crippen molar-refractivity contribution in [1.29, 1.82) is 5.26 Å². The molecule has 0 saturated heterocycles. The quantitative estimate of drug-likeness (QED) is 0.919. The van der Waals surface area contributed by atoms with Crippen molar-refractivity contribution in [3.05, 3.63) is 59.7 Å². The van der Waals surface area contributed by atoms with Crippen LogP contribution in [0.5, 0.6) is 5.75 Å². The van der Waals surface area contributed by atoms with E-state index in [0.29, 0.717) is 29.1 Å². The lowest BCUT2D eigenvalue weighted by Gasteiger charge is -2.34. The molecule has 2 amide bonds. The molecule has 6 nitrogen and oxygen atoms in total. The topological polar surface area (TPSA) is 82.4 Å². The highest BCUT2D eigenvalue weighted by atomic mass is 16.5. The van der Waals surface area contributed by atoms with E-state index >= 15 is 0 Å². The molecule has 0 unspecified atom stereocenters. The number of amides is 2. The van der Waals surface area contributed by atoms with Crippen LogP contribution in [0.25, 0.3) is 0 Å². The van der Waals surface area contributed by atoms with E-state index in [-0.39, 0.29) is 18.4 Å². The third-order valence-electron chi connectivity index (χ3n) is 4.10. The average molecular weight is 349 g/mol. The minimum absolute atomic E-state index is 0.113. The third kappa shape index (κ3) is 3.52. The van der Waals surface area contributed by atoms with E-state index in [1.165, 1.54) is 4.90 Å². The van der Waals surface area contributed by atoms with Crippen LogP contribution in [0.4, 0.5) is 5.69 Å². The number of ether oxygens (including phenoxy) is 1. The Morgan fingerprint density at radius 3 is 2.85 bits per heavy atom. The number of carbonyl (C=O) groups is 2. The first-order valence-corrected chi connectivity index (χ1v) is 8.49. The molecule has 0 bridgehead atoms. The predicted octanol–water partition coefficient (Wildman–Crippen LogP) is 2.49. The molecule has 0 fully saturated rings. The molecule has 26 heavy (non-hydrogen) atoms. The maximum absolute atomic E-state index is 13.0. The first-order chi connectivity index (χ1) is 12.6. The lowest BCUT2D eigenvalue weighted by atomic mass is 10.1. The lowest BCUT2D eigenvalue weighted by Crippen LogP contribution is -2.50. The van der Waals surface area contributed by atoms with Crippen molar-refractivity contribution in [1.82, 2.24) is 5.32 Å². The van der Waals surface area contributed by atoms with E-state index in [0.717, 1.165) is 6.42 Å². The van der Waals surface area contributed by atoms with Gasteiger partial charge in [-0.15, -0.1) is 0 Å². The largest absolute Gasteiger partial charge is 0.477 e. The van der Waals surface area contributed by atoms with Crippen molar-refractivity contribution < 1.29 is 14.3 Å². The second kappa shape index (κ2) is 7.70. The number of benzene rings is 2. The van der Waals surface area contributed by atoms with Gasteiger partial charge >= 0.3 is 0 Å². The molecule has 3 rings (SSSR count). The molecule has 1 N–H and O–H groups in total. The molecule has 0 saturated carbocycles. The second-order valence-electron chi connectivity index (χ2n) is 5.97. The fourth-order valence-electron chi connectivity index (χ4n) is 2.80. The van der Waals surface area contributed by atoms with E-state index in [9.17, 15) is 9.59 Å². The van der Waals surface area contributed by atoms with Crippen LogP contribution in [0, 0.1) is 11.3 Å². The number of rotatable bonds is 4. The zero-order valence-corrected chi connectivity index (χ0v) is 14.4. The highest BCUT2D eigenvalue weighted by Gasteiger charge is 2.34. The highest BCUT2D eigenvalue weighted by Crippen LogP contribution is 2.34. The van der Waals surface area contributed by atoms with Crippen molar-refractivity contribution in [2.75, 3.05) is 18.0 Å². The molecule has 0 aliphatic carbocycles. The maximum Gasteiger partial charge on any atom is 0.262 e. The maximum atomic E-state index is 13.0. The zero-order valence-electron chi connectivity index (χ0n) is 14.4. The number of nitrogens with one attached hydrogen (secondary N) is 1. The van der Waals surface area contributed by atoms with Gasteiger partial charge in [0.1, 0.15) is 5.75 Å². The zero-order chi connectivity index (χ0) is 18.5. The number of nitriles is 1. The Morgan fingerprint density at radius 1 is 1.27 bits per heavy atom. The summed E-state index contributed by atoms with van der Waals surface area (Å²) in [5.74, 6) is -0.0312. The number of anilines is 1. The van der Waals surface area contributed by atoms with E-state index in [2.05, 4.69) is 5.32 Å². The minimum Gasteiger partial charge on any atom is -0.477 e. The van der Waals surface area contributed by atoms with Gasteiger partial charge in [-0.3, -0.25) is 9.59 Å². The molecule has 6 heteroatoms. The van der Waals surface area contributed by atoms with Crippen LogP contribution >= 0.6 is 0 Å². The molecule has 0 aromatic heterocycles. The molecule has 1 heterocycles. The van der Waals surface area contributed by atoms with Gasteiger partial charge in [0.05, 0.1) is 23.9 Å². The van der Waals surface area contributed by atoms with Crippen LogP contribution in [-0.4, -0.2) is 31.0 Å². The van der Waals surface area contributed by atoms with Crippen LogP contribution < -0.4 is 15.0 Å². The molecule has 1 aliphatic heterocycles. The Balaban J connectivity index is 1.92. The van der Waals surface area contributed by atoms with Gasteiger partial charge in [-0.25, -0.2) is 0 Å². The Labute approximate surface area is 152 Å². The molecule has 1 aliphatic rings. The van der Waals surface area contributed by atoms with Crippen molar-refractivity contribution in [3.63, 3.8) is 0 Å². The summed E-state index contributed by atoms with van der Waals surface area (Å²) < 4.78 is 5.79. The van der Waals surface area contributed by atoms with Gasteiger partial charge in [-0.2, -0.15) is 5.26 Å². The summed E-state index contributed by atoms with van der Waals surface area (Å²) in [5, 5.41) is 11.9. The minimum atomic E-state index is -0.778. The Bertz CT molecular complexity index is 873. The van der Waals surface area contributed by atoms with Crippen molar-refractivity contribution in [2.45, 2.75) is 19.4 Å². The van der Waals surface area contributed by atoms with Crippen molar-refractivity contribution >= 4 is 17.5 Å². The molecule has 0 spiro atoms. The smallest absolute Gasteiger partial charge is 0.262 e. The first kappa shape index (κ1) is 17.5. The average Bonchev–Trinajstić information content (AvgIpc) is 2.70. The van der Waals surface area contributed by atoms with E-state index in [1.54, 1.807) is 42.5 Å². The summed E-state index contributed by atoms with van der Waals surface area (Å²) in [5.41, 5.74) is 1.42. The van der Waals surface area contributed by atoms with E-state index in [4.69, 9.17) is 10.00 Å². The predicted molar refractivity (Wildman–Crippen MR) is 97.0 cm³/mol. The van der Waals surface area contributed by atoms with Crippen LogP contribution in [-0.2, 0) is 4.79 Å². The number of hydrogen-bond donors (Lipinski definition) is 1. The van der Waals surface area contributed by atoms with Gasteiger partial charge in [0.25, 0.3) is 11.8 Å². The second-order valence-corrected chi connectivity index (χ2v) is 5.97. The van der Waals surface area contributed by atoms with Gasteiger partial charge in [0.15, 0.2) is 6.10 Å². The van der Waals surface area contributed by atoms with Gasteiger partial charge in [0, 0.05) is 12.1 Å². The normalized spacial score (nSPS) is 15.4. The van der Waals surface area contributed by atoms with E-state index in [1.807, 2.05) is 19.1 Å². The third-order valence-corrected chi connectivity index (χ3v) is 4.10. The summed E-state index contributed by atoms with van der Waals surface area (Å²) in [6.45, 7) is 2.63. The summed E-state index contributed by atoms with van der Waals surface area (Å²) >= 11 is 0. The molecule has 0 radical (unpaired) electrons. The summed E-state index contributed by atoms with van der Waals surface area (Å²) in [6, 6.07) is 15.7. The van der Waals surface area contributed by atoms with Gasteiger partial charge in [-0.1, -0.05) is 25.1 Å². The van der Waals surface area contributed by atoms with Gasteiger partial charge < -0.3 is 15.0 Å². The number of carbonyl (C=O) groups excluding carboxylic acids is 2. The van der Waals surface area contributed by atoms with Crippen molar-refractivity contribution in [3.8, 4) is 11.8 Å². The van der Waals surface area contributed by atoms with Crippen LogP contribution in [0.1, 0.15) is 29.3 Å². The number of nitrogens with zero attached hydrogens (tertiary/aromatic N) is 2. The Hall–Kier alpha value is -3.33. The lowest BCUT2D eigenvalue weighted by molar-refractivity contribution is -0.127. The number of hydrogen-bond acceptors (Lipinski definition) is 4. The fourth-order valence-corrected chi connectivity index (χ4v) is 2.80. The summed E-state index contributed by atoms with van der Waals surface area (Å²) in [6.07, 6.45) is 0.0399. The molecule has 2 aromatic carbocycles. The Kier molecular flexibility index (Phi) is 5.18. The highest BCUT2D eigenvalue weighted by molar-refractivity contribution is 6.08. The molecular formula is C20H19N3O3. The summed E-state index contributed by atoms with van der Waals surface area (Å²) in [7, 11) is 0. The van der Waals surface area contributed by atoms with Gasteiger partial charge in [-0.05, 0) is 36.8 Å². The molecule has 1 atom stereocenters. The standard InChI is InChI=1S/C20H19N3O3/c1-2-10-22-19(24)18-13-23(16-8-3-4-9-17(16)26-18)20(25)15-7-5-6-14(11-15)12-21/h3-9,11,18H,2,10,13H2,1H3,(H,22,24)/t18-/m1/s1. The fraction of sp³-hybridized carbons (Fsp3) is 0.250. The van der Waals surface area contributed by atoms with Crippen LogP contribution in [0.15, 0.2) is 48.5 Å². The first-order valence-electron chi connectivity index (χ1n) is 8.49. The number of fused-ring (bicyclic) bond motifs is 1.